The molecule has 0 spiro atoms. The van der Waals surface area contributed by atoms with Crippen molar-refractivity contribution in [3.63, 3.8) is 0 Å². The molecule has 0 atom stereocenters. The summed E-state index contributed by atoms with van der Waals surface area (Å²) >= 11 is 1.42. The van der Waals surface area contributed by atoms with E-state index in [1.54, 1.807) is 6.33 Å². The number of aryl methyl sites for hydroxylation is 1. The van der Waals surface area contributed by atoms with Crippen molar-refractivity contribution in [2.45, 2.75) is 17.1 Å². The third-order valence-corrected chi connectivity index (χ3v) is 3.09. The maximum Gasteiger partial charge on any atom is 0.197 e. The highest BCUT2D eigenvalue weighted by Crippen LogP contribution is 2.27. The van der Waals surface area contributed by atoms with Crippen LogP contribution in [0.15, 0.2) is 22.8 Å². The summed E-state index contributed by atoms with van der Waals surface area (Å²) in [6.07, 6.45) is 3.09. The lowest BCUT2D eigenvalue weighted by molar-refractivity contribution is 0.786. The van der Waals surface area contributed by atoms with Crippen molar-refractivity contribution in [3.05, 3.63) is 18.2 Å². The van der Waals surface area contributed by atoms with Gasteiger partial charge in [-0.2, -0.15) is 0 Å². The highest BCUT2D eigenvalue weighted by Gasteiger charge is 2.09. The van der Waals surface area contributed by atoms with Gasteiger partial charge >= 0.3 is 0 Å². The molecular formula is C8H10N6S. The molecule has 0 radical (unpaired) electrons. The summed E-state index contributed by atoms with van der Waals surface area (Å²) in [5.74, 6) is 0.495. The van der Waals surface area contributed by atoms with E-state index in [1.807, 2.05) is 18.5 Å². The summed E-state index contributed by atoms with van der Waals surface area (Å²) in [7, 11) is 1.88. The molecule has 0 aliphatic carbocycles. The Morgan fingerprint density at radius 1 is 1.40 bits per heavy atom. The predicted octanol–water partition coefficient (Wildman–Crippen LogP) is 0.647. The first-order chi connectivity index (χ1) is 7.18. The quantitative estimate of drug-likeness (QED) is 0.751. The molecule has 2 aromatic rings. The van der Waals surface area contributed by atoms with Crippen molar-refractivity contribution in [2.75, 3.05) is 5.73 Å². The van der Waals surface area contributed by atoms with Gasteiger partial charge in [-0.15, -0.1) is 10.2 Å². The molecule has 2 N–H and O–H groups in total. The second-order valence-corrected chi connectivity index (χ2v) is 3.97. The van der Waals surface area contributed by atoms with Crippen LogP contribution in [0.5, 0.6) is 0 Å². The molecule has 6 nitrogen and oxygen atoms in total. The van der Waals surface area contributed by atoms with E-state index in [9.17, 15) is 0 Å². The average Bonchev–Trinajstić information content (AvgIpc) is 2.60. The first kappa shape index (κ1) is 9.91. The number of aromatic nitrogens is 5. The fraction of sp³-hybridized carbons (Fsp3) is 0.250. The second-order valence-electron chi connectivity index (χ2n) is 3.02. The van der Waals surface area contributed by atoms with Crippen LogP contribution in [0, 0.1) is 6.92 Å². The standard InChI is InChI=1S/C8H10N6S/c1-5-6(9)10-3-11-7(5)15-8-13-12-4-14(8)2/h3-4H,1-2H3,(H2,9,10,11). The minimum Gasteiger partial charge on any atom is -0.383 e. The molecule has 0 aromatic carbocycles. The molecule has 0 bridgehead atoms. The maximum absolute atomic E-state index is 5.68. The number of anilines is 1. The van der Waals surface area contributed by atoms with Crippen molar-refractivity contribution >= 4 is 17.6 Å². The van der Waals surface area contributed by atoms with Crippen LogP contribution in [0.1, 0.15) is 5.56 Å². The Labute approximate surface area is 90.9 Å². The van der Waals surface area contributed by atoms with Crippen molar-refractivity contribution in [1.82, 2.24) is 24.7 Å². The topological polar surface area (TPSA) is 82.5 Å². The molecular weight excluding hydrogens is 212 g/mol. The third-order valence-electron chi connectivity index (χ3n) is 1.93. The van der Waals surface area contributed by atoms with E-state index in [4.69, 9.17) is 5.73 Å². The van der Waals surface area contributed by atoms with Crippen LogP contribution < -0.4 is 5.73 Å². The molecule has 7 heteroatoms. The zero-order valence-electron chi connectivity index (χ0n) is 8.38. The minimum atomic E-state index is 0.495. The van der Waals surface area contributed by atoms with Crippen LogP contribution in [0.2, 0.25) is 0 Å². The molecule has 2 rings (SSSR count). The average molecular weight is 222 g/mol. The molecule has 0 fully saturated rings. The van der Waals surface area contributed by atoms with Crippen molar-refractivity contribution in [1.29, 1.82) is 0 Å². The van der Waals surface area contributed by atoms with Crippen LogP contribution in [0.25, 0.3) is 0 Å². The van der Waals surface area contributed by atoms with E-state index < -0.39 is 0 Å². The van der Waals surface area contributed by atoms with Crippen LogP contribution >= 0.6 is 11.8 Å². The number of hydrogen-bond donors (Lipinski definition) is 1. The van der Waals surface area contributed by atoms with E-state index in [0.29, 0.717) is 5.82 Å². The number of rotatable bonds is 2. The fourth-order valence-electron chi connectivity index (χ4n) is 1.00. The molecule has 0 amide bonds. The zero-order valence-corrected chi connectivity index (χ0v) is 9.19. The normalized spacial score (nSPS) is 10.5. The van der Waals surface area contributed by atoms with Crippen molar-refractivity contribution in [3.8, 4) is 0 Å². The summed E-state index contributed by atoms with van der Waals surface area (Å²) in [5.41, 5.74) is 6.55. The molecule has 0 aliphatic rings. The van der Waals surface area contributed by atoms with Crippen LogP contribution in [0.4, 0.5) is 5.82 Å². The van der Waals surface area contributed by atoms with Crippen molar-refractivity contribution < 1.29 is 0 Å². The molecule has 0 saturated heterocycles. The molecule has 15 heavy (non-hydrogen) atoms. The Morgan fingerprint density at radius 3 is 2.87 bits per heavy atom. The van der Waals surface area contributed by atoms with Gasteiger partial charge in [-0.05, 0) is 18.7 Å². The smallest absolute Gasteiger partial charge is 0.197 e. The summed E-state index contributed by atoms with van der Waals surface area (Å²) in [5, 5.41) is 9.32. The Kier molecular flexibility index (Phi) is 2.55. The van der Waals surface area contributed by atoms with Gasteiger partial charge in [-0.3, -0.25) is 0 Å². The van der Waals surface area contributed by atoms with E-state index in [2.05, 4.69) is 20.2 Å². The number of nitrogens with zero attached hydrogens (tertiary/aromatic N) is 5. The number of nitrogen functional groups attached to an aromatic ring is 1. The summed E-state index contributed by atoms with van der Waals surface area (Å²) in [6.45, 7) is 1.88. The van der Waals surface area contributed by atoms with Gasteiger partial charge in [0.15, 0.2) is 5.16 Å². The van der Waals surface area contributed by atoms with Gasteiger partial charge in [-0.25, -0.2) is 9.97 Å². The maximum atomic E-state index is 5.68. The second kappa shape index (κ2) is 3.85. The lowest BCUT2D eigenvalue weighted by Crippen LogP contribution is -1.98. The Hall–Kier alpha value is -1.63. The van der Waals surface area contributed by atoms with Gasteiger partial charge in [-0.1, -0.05) is 0 Å². The highest BCUT2D eigenvalue weighted by molar-refractivity contribution is 7.99. The lowest BCUT2D eigenvalue weighted by Gasteiger charge is -2.04. The lowest BCUT2D eigenvalue weighted by atomic mass is 10.4. The van der Waals surface area contributed by atoms with Gasteiger partial charge in [0.05, 0.1) is 0 Å². The first-order valence-electron chi connectivity index (χ1n) is 4.27. The van der Waals surface area contributed by atoms with E-state index >= 15 is 0 Å². The molecule has 0 saturated carbocycles. The summed E-state index contributed by atoms with van der Waals surface area (Å²) in [6, 6.07) is 0. The van der Waals surface area contributed by atoms with Gasteiger partial charge in [0, 0.05) is 12.6 Å². The largest absolute Gasteiger partial charge is 0.383 e. The molecule has 0 unspecified atom stereocenters. The van der Waals surface area contributed by atoms with E-state index in [1.165, 1.54) is 18.1 Å². The summed E-state index contributed by atoms with van der Waals surface area (Å²) in [4.78, 5) is 8.05. The van der Waals surface area contributed by atoms with Gasteiger partial charge in [0.1, 0.15) is 23.5 Å². The van der Waals surface area contributed by atoms with E-state index in [0.717, 1.165) is 15.7 Å². The minimum absolute atomic E-state index is 0.495. The van der Waals surface area contributed by atoms with Crippen molar-refractivity contribution in [2.24, 2.45) is 7.05 Å². The molecule has 2 heterocycles. The number of hydrogen-bond acceptors (Lipinski definition) is 6. The number of nitrogens with two attached hydrogens (primary N) is 1. The Balaban J connectivity index is 2.33. The SMILES string of the molecule is Cc1c(N)ncnc1Sc1nncn1C. The predicted molar refractivity (Wildman–Crippen MR) is 56.3 cm³/mol. The monoisotopic (exact) mass is 222 g/mol. The molecule has 2 aromatic heterocycles. The highest BCUT2D eigenvalue weighted by atomic mass is 32.2. The molecule has 0 aliphatic heterocycles. The Morgan fingerprint density at radius 2 is 2.20 bits per heavy atom. The van der Waals surface area contributed by atoms with Gasteiger partial charge in [0.2, 0.25) is 0 Å². The molecule has 78 valence electrons. The van der Waals surface area contributed by atoms with Crippen LogP contribution in [-0.2, 0) is 7.05 Å². The van der Waals surface area contributed by atoms with Crippen LogP contribution in [-0.4, -0.2) is 24.7 Å². The fourth-order valence-corrected chi connectivity index (χ4v) is 1.81. The first-order valence-corrected chi connectivity index (χ1v) is 5.09. The van der Waals surface area contributed by atoms with Gasteiger partial charge in [0.25, 0.3) is 0 Å². The Bertz CT molecular complexity index is 480. The van der Waals surface area contributed by atoms with Gasteiger partial charge < -0.3 is 10.3 Å². The zero-order chi connectivity index (χ0) is 10.8. The summed E-state index contributed by atoms with van der Waals surface area (Å²) < 4.78 is 1.82. The van der Waals surface area contributed by atoms with E-state index in [-0.39, 0.29) is 0 Å². The third kappa shape index (κ3) is 1.91. The van der Waals surface area contributed by atoms with Crippen LogP contribution in [0.3, 0.4) is 0 Å².